The lowest BCUT2D eigenvalue weighted by atomic mass is 10.1. The van der Waals surface area contributed by atoms with Crippen molar-refractivity contribution in [1.29, 1.82) is 0 Å². The number of hydrogen-bond acceptors (Lipinski definition) is 3. The summed E-state index contributed by atoms with van der Waals surface area (Å²) in [7, 11) is 5.58. The van der Waals surface area contributed by atoms with Gasteiger partial charge in [0, 0.05) is 36.7 Å². The number of rotatable bonds is 6. The molecule has 0 bridgehead atoms. The monoisotopic (exact) mass is 382 g/mol. The van der Waals surface area contributed by atoms with Crippen molar-refractivity contribution in [2.45, 2.75) is 26.6 Å². The molecule has 0 saturated heterocycles. The van der Waals surface area contributed by atoms with Gasteiger partial charge >= 0.3 is 0 Å². The van der Waals surface area contributed by atoms with Crippen molar-refractivity contribution >= 4 is 16.9 Å². The summed E-state index contributed by atoms with van der Waals surface area (Å²) < 4.78 is 19.9. The van der Waals surface area contributed by atoms with Crippen molar-refractivity contribution in [2.75, 3.05) is 21.1 Å². The minimum Gasteiger partial charge on any atom is -0.459 e. The quantitative estimate of drug-likeness (QED) is 0.503. The minimum absolute atomic E-state index is 0.180. The molecule has 1 heterocycles. The lowest BCUT2D eigenvalue weighted by molar-refractivity contribution is 0.392. The van der Waals surface area contributed by atoms with E-state index in [1.165, 1.54) is 6.07 Å². The Balaban J connectivity index is 1.61. The van der Waals surface area contributed by atoms with E-state index in [9.17, 15) is 4.39 Å². The zero-order valence-electron chi connectivity index (χ0n) is 16.8. The van der Waals surface area contributed by atoms with Crippen molar-refractivity contribution < 1.29 is 8.81 Å². The number of guanidine groups is 1. The number of aryl methyl sites for hydroxylation is 1. The van der Waals surface area contributed by atoms with Crippen LogP contribution in [0.4, 0.5) is 4.39 Å². The Morgan fingerprint density at radius 3 is 2.57 bits per heavy atom. The number of nitrogens with zero attached hydrogens (tertiary/aromatic N) is 2. The van der Waals surface area contributed by atoms with E-state index in [4.69, 9.17) is 4.42 Å². The third-order valence-electron chi connectivity index (χ3n) is 4.64. The lowest BCUT2D eigenvalue weighted by Gasteiger charge is -2.14. The zero-order valence-corrected chi connectivity index (χ0v) is 16.8. The summed E-state index contributed by atoms with van der Waals surface area (Å²) in [6.07, 6.45) is 0. The van der Waals surface area contributed by atoms with Crippen LogP contribution in [0, 0.1) is 12.7 Å². The zero-order chi connectivity index (χ0) is 20.1. The number of fused-ring (bicyclic) bond motifs is 1. The van der Waals surface area contributed by atoms with Crippen LogP contribution in [0.15, 0.2) is 51.9 Å². The number of hydrogen-bond donors (Lipinski definition) is 2. The van der Waals surface area contributed by atoms with Crippen molar-refractivity contribution in [3.05, 3.63) is 70.7 Å². The molecule has 1 aromatic heterocycles. The molecule has 0 unspecified atom stereocenters. The fourth-order valence-corrected chi connectivity index (χ4v) is 3.16. The molecule has 0 atom stereocenters. The van der Waals surface area contributed by atoms with Crippen LogP contribution in [-0.2, 0) is 19.6 Å². The number of aliphatic imine (C=N–C) groups is 1. The van der Waals surface area contributed by atoms with Crippen LogP contribution in [0.3, 0.4) is 0 Å². The number of benzene rings is 2. The third-order valence-corrected chi connectivity index (χ3v) is 4.64. The molecule has 5 nitrogen and oxygen atoms in total. The van der Waals surface area contributed by atoms with Gasteiger partial charge in [-0.05, 0) is 44.8 Å². The van der Waals surface area contributed by atoms with E-state index >= 15 is 0 Å². The molecule has 0 spiro atoms. The second kappa shape index (κ2) is 8.89. The average Bonchev–Trinajstić information content (AvgIpc) is 3.00. The molecule has 2 N–H and O–H groups in total. The highest BCUT2D eigenvalue weighted by atomic mass is 19.1. The largest absolute Gasteiger partial charge is 0.459 e. The normalized spacial score (nSPS) is 12.0. The maximum absolute atomic E-state index is 13.9. The van der Waals surface area contributed by atoms with E-state index in [0.717, 1.165) is 27.9 Å². The van der Waals surface area contributed by atoms with Gasteiger partial charge in [-0.15, -0.1) is 0 Å². The Hall–Kier alpha value is -2.86. The van der Waals surface area contributed by atoms with E-state index in [1.807, 2.05) is 43.3 Å². The van der Waals surface area contributed by atoms with Crippen molar-refractivity contribution in [1.82, 2.24) is 15.5 Å². The summed E-state index contributed by atoms with van der Waals surface area (Å²) in [5.74, 6) is 1.37. The molecule has 0 saturated carbocycles. The van der Waals surface area contributed by atoms with Crippen molar-refractivity contribution in [3.8, 4) is 0 Å². The fraction of sp³-hybridized carbons (Fsp3) is 0.318. The Morgan fingerprint density at radius 1 is 1.11 bits per heavy atom. The van der Waals surface area contributed by atoms with Gasteiger partial charge in [0.05, 0.1) is 6.54 Å². The number of furan rings is 1. The van der Waals surface area contributed by atoms with Crippen LogP contribution in [-0.4, -0.2) is 32.0 Å². The molecule has 3 rings (SSSR count). The smallest absolute Gasteiger partial charge is 0.191 e. The Bertz CT molecular complexity index is 978. The molecule has 6 heteroatoms. The average molecular weight is 382 g/mol. The first-order valence-electron chi connectivity index (χ1n) is 9.31. The van der Waals surface area contributed by atoms with Crippen molar-refractivity contribution in [3.63, 3.8) is 0 Å². The molecular formula is C22H27FN4O. The molecule has 0 aliphatic rings. The first-order chi connectivity index (χ1) is 13.5. The molecule has 0 amide bonds. The van der Waals surface area contributed by atoms with E-state index < -0.39 is 0 Å². The second-order valence-corrected chi connectivity index (χ2v) is 7.09. The lowest BCUT2D eigenvalue weighted by Crippen LogP contribution is -2.36. The molecular weight excluding hydrogens is 355 g/mol. The van der Waals surface area contributed by atoms with Gasteiger partial charge in [-0.2, -0.15) is 0 Å². The molecule has 148 valence electrons. The number of nitrogens with one attached hydrogen (secondary N) is 2. The first kappa shape index (κ1) is 19.9. The summed E-state index contributed by atoms with van der Waals surface area (Å²) in [5, 5.41) is 7.68. The SMILES string of the molecule is CN=C(NCc1ccc(F)c(CN(C)C)c1)NCc1oc2ccccc2c1C. The summed E-state index contributed by atoms with van der Waals surface area (Å²) in [6, 6.07) is 13.2. The molecule has 0 radical (unpaired) electrons. The fourth-order valence-electron chi connectivity index (χ4n) is 3.16. The Labute approximate surface area is 165 Å². The van der Waals surface area contributed by atoms with E-state index in [2.05, 4.69) is 28.6 Å². The molecule has 28 heavy (non-hydrogen) atoms. The summed E-state index contributed by atoms with van der Waals surface area (Å²) >= 11 is 0. The molecule has 0 aliphatic heterocycles. The van der Waals surface area contributed by atoms with Crippen LogP contribution in [0.5, 0.6) is 0 Å². The Morgan fingerprint density at radius 2 is 1.86 bits per heavy atom. The highest BCUT2D eigenvalue weighted by Gasteiger charge is 2.10. The van der Waals surface area contributed by atoms with Gasteiger partial charge in [0.25, 0.3) is 0 Å². The molecule has 0 aliphatic carbocycles. The van der Waals surface area contributed by atoms with E-state index in [1.54, 1.807) is 13.1 Å². The number of para-hydroxylation sites is 1. The van der Waals surface area contributed by atoms with Gasteiger partial charge in [-0.25, -0.2) is 4.39 Å². The van der Waals surface area contributed by atoms with Crippen LogP contribution >= 0.6 is 0 Å². The molecule has 0 fully saturated rings. The third kappa shape index (κ3) is 4.70. The van der Waals surface area contributed by atoms with Gasteiger partial charge in [-0.1, -0.05) is 24.3 Å². The van der Waals surface area contributed by atoms with Crippen molar-refractivity contribution in [2.24, 2.45) is 4.99 Å². The Kier molecular flexibility index (Phi) is 6.31. The topological polar surface area (TPSA) is 52.8 Å². The van der Waals surface area contributed by atoms with Crippen LogP contribution < -0.4 is 10.6 Å². The van der Waals surface area contributed by atoms with E-state index in [-0.39, 0.29) is 5.82 Å². The highest BCUT2D eigenvalue weighted by molar-refractivity contribution is 5.82. The van der Waals surface area contributed by atoms with Gasteiger partial charge < -0.3 is 20.0 Å². The first-order valence-corrected chi connectivity index (χ1v) is 9.31. The molecule has 3 aromatic rings. The predicted octanol–water partition coefficient (Wildman–Crippen LogP) is 3.81. The van der Waals surface area contributed by atoms with Crippen LogP contribution in [0.1, 0.15) is 22.5 Å². The number of halogens is 1. The minimum atomic E-state index is -0.180. The summed E-state index contributed by atoms with van der Waals surface area (Å²) in [6.45, 7) is 3.72. The molecule has 2 aromatic carbocycles. The predicted molar refractivity (Wildman–Crippen MR) is 112 cm³/mol. The second-order valence-electron chi connectivity index (χ2n) is 7.09. The van der Waals surface area contributed by atoms with E-state index in [0.29, 0.717) is 31.2 Å². The van der Waals surface area contributed by atoms with Gasteiger partial charge in [0.2, 0.25) is 0 Å². The van der Waals surface area contributed by atoms with Crippen LogP contribution in [0.2, 0.25) is 0 Å². The van der Waals surface area contributed by atoms with Crippen LogP contribution in [0.25, 0.3) is 11.0 Å². The summed E-state index contributed by atoms with van der Waals surface area (Å²) in [5.41, 5.74) is 3.70. The standard InChI is InChI=1S/C22H27FN4O/c1-15-18-7-5-6-8-20(18)28-21(15)13-26-22(24-2)25-12-16-9-10-19(23)17(11-16)14-27(3)4/h5-11H,12-14H2,1-4H3,(H2,24,25,26). The maximum atomic E-state index is 13.9. The highest BCUT2D eigenvalue weighted by Crippen LogP contribution is 2.24. The summed E-state index contributed by atoms with van der Waals surface area (Å²) in [4.78, 5) is 6.21. The van der Waals surface area contributed by atoms with Gasteiger partial charge in [0.15, 0.2) is 5.96 Å². The van der Waals surface area contributed by atoms with Gasteiger partial charge in [-0.3, -0.25) is 4.99 Å². The van der Waals surface area contributed by atoms with Gasteiger partial charge in [0.1, 0.15) is 17.2 Å². The maximum Gasteiger partial charge on any atom is 0.191 e.